The maximum absolute atomic E-state index is 12.7. The van der Waals surface area contributed by atoms with Crippen molar-refractivity contribution in [2.45, 2.75) is 0 Å². The second kappa shape index (κ2) is 8.30. The average molecular weight is 391 g/mol. The molecule has 0 unspecified atom stereocenters. The number of urea groups is 1. The van der Waals surface area contributed by atoms with Gasteiger partial charge in [-0.2, -0.15) is 0 Å². The third-order valence-electron chi connectivity index (χ3n) is 4.23. The highest BCUT2D eigenvalue weighted by molar-refractivity contribution is 6.45. The van der Waals surface area contributed by atoms with E-state index in [1.54, 1.807) is 48.5 Å². The van der Waals surface area contributed by atoms with E-state index in [0.29, 0.717) is 15.4 Å². The van der Waals surface area contributed by atoms with E-state index in [1.165, 1.54) is 12.1 Å². The number of benzene rings is 2. The molecule has 0 aliphatic carbocycles. The van der Waals surface area contributed by atoms with Gasteiger partial charge in [-0.25, -0.2) is 9.69 Å². The Kier molecular flexibility index (Phi) is 5.64. The zero-order valence-corrected chi connectivity index (χ0v) is 15.3. The Labute approximate surface area is 166 Å². The summed E-state index contributed by atoms with van der Waals surface area (Å²) >= 11 is 0. The fourth-order valence-corrected chi connectivity index (χ4v) is 2.85. The third kappa shape index (κ3) is 3.96. The van der Waals surface area contributed by atoms with Gasteiger partial charge in [-0.15, -0.1) is 6.58 Å². The summed E-state index contributed by atoms with van der Waals surface area (Å²) < 4.78 is 0. The summed E-state index contributed by atoms with van der Waals surface area (Å²) in [5.74, 6) is -3.10. The van der Waals surface area contributed by atoms with Crippen LogP contribution in [0.15, 0.2) is 67.3 Å². The molecule has 1 N–H and O–H groups in total. The van der Waals surface area contributed by atoms with Crippen LogP contribution in [0.1, 0.15) is 15.9 Å². The van der Waals surface area contributed by atoms with Gasteiger partial charge in [0, 0.05) is 17.7 Å². The van der Waals surface area contributed by atoms with Crippen LogP contribution in [0, 0.1) is 0 Å². The zero-order valence-electron chi connectivity index (χ0n) is 15.3. The maximum atomic E-state index is 12.7. The lowest BCUT2D eigenvalue weighted by atomic mass is 10.0. The number of hydrogen-bond donors (Lipinski definition) is 1. The zero-order chi connectivity index (χ0) is 21.0. The lowest BCUT2D eigenvalue weighted by molar-refractivity contribution is -0.143. The minimum Gasteiger partial charge on any atom is -0.324 e. The van der Waals surface area contributed by atoms with Crippen LogP contribution in [-0.2, 0) is 14.4 Å². The third-order valence-corrected chi connectivity index (χ3v) is 4.23. The molecule has 1 aliphatic heterocycles. The van der Waals surface area contributed by atoms with Crippen LogP contribution in [0.5, 0.6) is 0 Å². The van der Waals surface area contributed by atoms with Gasteiger partial charge < -0.3 is 5.32 Å². The molecule has 8 heteroatoms. The minimum atomic E-state index is -1.08. The van der Waals surface area contributed by atoms with Crippen LogP contribution >= 0.6 is 0 Å². The summed E-state index contributed by atoms with van der Waals surface area (Å²) in [5.41, 5.74) is 0.944. The number of nitrogens with zero attached hydrogens (tertiary/aromatic N) is 2. The number of para-hydroxylation sites is 1. The predicted molar refractivity (Wildman–Crippen MR) is 104 cm³/mol. The standard InChI is InChI=1S/C21H17N3O5/c1-2-12-23-19(27)20(28)24(21(23)29)13-17(25)22-16-11-7-6-10-15(16)18(26)14-8-4-3-5-9-14/h2-11H,1,12-13H2,(H,22,25). The Hall–Kier alpha value is -4.07. The summed E-state index contributed by atoms with van der Waals surface area (Å²) in [6.07, 6.45) is 1.30. The van der Waals surface area contributed by atoms with Gasteiger partial charge >= 0.3 is 17.8 Å². The SMILES string of the molecule is C=CCN1C(=O)C(=O)N(CC(=O)Nc2ccccc2C(=O)c2ccccc2)C1=O. The number of carbonyl (C=O) groups is 5. The fourth-order valence-electron chi connectivity index (χ4n) is 2.85. The number of anilines is 1. The highest BCUT2D eigenvalue weighted by Crippen LogP contribution is 2.20. The molecule has 1 saturated heterocycles. The van der Waals surface area contributed by atoms with Crippen molar-refractivity contribution in [2.75, 3.05) is 18.4 Å². The first-order valence-corrected chi connectivity index (χ1v) is 8.71. The first-order valence-electron chi connectivity index (χ1n) is 8.71. The quantitative estimate of drug-likeness (QED) is 0.336. The summed E-state index contributed by atoms with van der Waals surface area (Å²) in [6.45, 7) is 2.65. The van der Waals surface area contributed by atoms with Crippen molar-refractivity contribution in [3.8, 4) is 0 Å². The van der Waals surface area contributed by atoms with E-state index < -0.39 is 30.3 Å². The molecule has 2 aromatic rings. The van der Waals surface area contributed by atoms with Gasteiger partial charge in [0.1, 0.15) is 6.54 Å². The number of rotatable bonds is 7. The minimum absolute atomic E-state index is 0.129. The van der Waals surface area contributed by atoms with E-state index in [9.17, 15) is 24.0 Å². The molecule has 146 valence electrons. The van der Waals surface area contributed by atoms with Crippen molar-refractivity contribution < 1.29 is 24.0 Å². The summed E-state index contributed by atoms with van der Waals surface area (Å²) in [4.78, 5) is 62.4. The molecule has 0 bridgehead atoms. The topological polar surface area (TPSA) is 104 Å². The van der Waals surface area contributed by atoms with Gasteiger partial charge in [0.05, 0.1) is 5.69 Å². The summed E-state index contributed by atoms with van der Waals surface area (Å²) in [7, 11) is 0. The summed E-state index contributed by atoms with van der Waals surface area (Å²) in [6, 6.07) is 14.1. The molecule has 0 radical (unpaired) electrons. The molecule has 3 rings (SSSR count). The molecule has 1 aliphatic rings. The molecular weight excluding hydrogens is 374 g/mol. The van der Waals surface area contributed by atoms with Crippen molar-refractivity contribution in [3.05, 3.63) is 78.4 Å². The van der Waals surface area contributed by atoms with Gasteiger partial charge in [0.2, 0.25) is 5.91 Å². The first kappa shape index (κ1) is 19.7. The second-order valence-corrected chi connectivity index (χ2v) is 6.17. The highest BCUT2D eigenvalue weighted by atomic mass is 16.2. The highest BCUT2D eigenvalue weighted by Gasteiger charge is 2.44. The van der Waals surface area contributed by atoms with E-state index in [-0.39, 0.29) is 23.6 Å². The average Bonchev–Trinajstić information content (AvgIpc) is 2.93. The van der Waals surface area contributed by atoms with Gasteiger partial charge in [0.25, 0.3) is 0 Å². The molecule has 1 heterocycles. The number of carbonyl (C=O) groups excluding carboxylic acids is 5. The molecule has 0 aromatic heterocycles. The van der Waals surface area contributed by atoms with Crippen molar-refractivity contribution in [1.29, 1.82) is 0 Å². The molecule has 2 aromatic carbocycles. The van der Waals surface area contributed by atoms with Gasteiger partial charge in [-0.05, 0) is 12.1 Å². The Balaban J connectivity index is 1.76. The van der Waals surface area contributed by atoms with Gasteiger partial charge in [0.15, 0.2) is 5.78 Å². The number of ketones is 1. The van der Waals surface area contributed by atoms with E-state index >= 15 is 0 Å². The smallest absolute Gasteiger partial charge is 0.324 e. The van der Waals surface area contributed by atoms with Gasteiger partial charge in [-0.1, -0.05) is 48.5 Å². The van der Waals surface area contributed by atoms with E-state index in [1.807, 2.05) is 0 Å². The van der Waals surface area contributed by atoms with Gasteiger partial charge in [-0.3, -0.25) is 24.1 Å². The molecule has 29 heavy (non-hydrogen) atoms. The number of imide groups is 2. The van der Waals surface area contributed by atoms with Crippen molar-refractivity contribution in [2.24, 2.45) is 0 Å². The first-order chi connectivity index (χ1) is 13.9. The van der Waals surface area contributed by atoms with E-state index in [4.69, 9.17) is 0 Å². The number of nitrogens with one attached hydrogen (secondary N) is 1. The second-order valence-electron chi connectivity index (χ2n) is 6.17. The van der Waals surface area contributed by atoms with Crippen molar-refractivity contribution >= 4 is 35.2 Å². The van der Waals surface area contributed by atoms with Crippen LogP contribution in [0.2, 0.25) is 0 Å². The lowest BCUT2D eigenvalue weighted by Crippen LogP contribution is -2.39. The lowest BCUT2D eigenvalue weighted by Gasteiger charge is -2.15. The van der Waals surface area contributed by atoms with Crippen LogP contribution < -0.4 is 5.32 Å². The molecule has 0 saturated carbocycles. The molecule has 8 nitrogen and oxygen atoms in total. The van der Waals surface area contributed by atoms with Crippen LogP contribution in [0.3, 0.4) is 0 Å². The van der Waals surface area contributed by atoms with E-state index in [0.717, 1.165) is 0 Å². The number of hydrogen-bond acceptors (Lipinski definition) is 5. The molecule has 0 atom stereocenters. The summed E-state index contributed by atoms with van der Waals surface area (Å²) in [5, 5.41) is 2.54. The molecule has 1 fully saturated rings. The number of amides is 5. The fraction of sp³-hybridized carbons (Fsp3) is 0.0952. The molecule has 5 amide bonds. The Morgan fingerprint density at radius 3 is 2.21 bits per heavy atom. The van der Waals surface area contributed by atoms with Crippen LogP contribution in [0.25, 0.3) is 0 Å². The Morgan fingerprint density at radius 2 is 1.52 bits per heavy atom. The normalized spacial score (nSPS) is 13.6. The van der Waals surface area contributed by atoms with E-state index in [2.05, 4.69) is 11.9 Å². The van der Waals surface area contributed by atoms with Crippen molar-refractivity contribution in [3.63, 3.8) is 0 Å². The molecule has 0 spiro atoms. The Bertz CT molecular complexity index is 1020. The van der Waals surface area contributed by atoms with Crippen molar-refractivity contribution in [1.82, 2.24) is 9.80 Å². The van der Waals surface area contributed by atoms with Crippen LogP contribution in [0.4, 0.5) is 10.5 Å². The predicted octanol–water partition coefficient (Wildman–Crippen LogP) is 1.83. The Morgan fingerprint density at radius 1 is 0.897 bits per heavy atom. The van der Waals surface area contributed by atoms with Crippen LogP contribution in [-0.4, -0.2) is 52.4 Å². The largest absolute Gasteiger partial charge is 0.335 e. The molecular formula is C21H17N3O5. The monoisotopic (exact) mass is 391 g/mol. The maximum Gasteiger partial charge on any atom is 0.335 e.